The monoisotopic (exact) mass is 330 g/mol. The summed E-state index contributed by atoms with van der Waals surface area (Å²) in [6.07, 6.45) is 0.655. The van der Waals surface area contributed by atoms with E-state index in [1.54, 1.807) is 0 Å². The van der Waals surface area contributed by atoms with Gasteiger partial charge in [0, 0.05) is 11.4 Å². The first-order valence-electron chi connectivity index (χ1n) is 5.75. The zero-order valence-corrected chi connectivity index (χ0v) is 12.3. The number of aromatic nitrogens is 1. The zero-order chi connectivity index (χ0) is 14.4. The number of halogens is 1. The van der Waals surface area contributed by atoms with Gasteiger partial charge in [0.25, 0.3) is 0 Å². The summed E-state index contributed by atoms with van der Waals surface area (Å²) >= 11 is 3.27. The van der Waals surface area contributed by atoms with Crippen LogP contribution in [0.15, 0.2) is 10.5 Å². The summed E-state index contributed by atoms with van der Waals surface area (Å²) in [5.41, 5.74) is 0.714. The second kappa shape index (κ2) is 7.08. The van der Waals surface area contributed by atoms with Crippen LogP contribution in [-0.2, 0) is 11.2 Å². The number of ether oxygens (including phenoxy) is 1. The molecule has 0 bridgehead atoms. The standard InChI is InChI=1S/C12H15BrN2O4/c1-3-10-9(13)6-8(12(17)18)11(15-10)19-5-4-14-7(2)16/h6H,3-5H2,1-2H3,(H,14,16)(H,17,18). The highest BCUT2D eigenvalue weighted by atomic mass is 79.9. The summed E-state index contributed by atoms with van der Waals surface area (Å²) in [6.45, 7) is 3.77. The lowest BCUT2D eigenvalue weighted by Gasteiger charge is -2.11. The summed E-state index contributed by atoms with van der Waals surface area (Å²) in [5, 5.41) is 11.6. The Balaban J connectivity index is 2.84. The Kier molecular flexibility index (Phi) is 5.75. The van der Waals surface area contributed by atoms with E-state index >= 15 is 0 Å². The molecular formula is C12H15BrN2O4. The van der Waals surface area contributed by atoms with Gasteiger partial charge in [-0.15, -0.1) is 0 Å². The Bertz CT molecular complexity index is 491. The summed E-state index contributed by atoms with van der Waals surface area (Å²) in [4.78, 5) is 26.0. The molecule has 1 aromatic heterocycles. The lowest BCUT2D eigenvalue weighted by Crippen LogP contribution is -2.26. The molecule has 19 heavy (non-hydrogen) atoms. The Morgan fingerprint density at radius 3 is 2.74 bits per heavy atom. The van der Waals surface area contributed by atoms with E-state index in [2.05, 4.69) is 26.2 Å². The van der Waals surface area contributed by atoms with Gasteiger partial charge in [-0.2, -0.15) is 0 Å². The van der Waals surface area contributed by atoms with E-state index in [9.17, 15) is 9.59 Å². The van der Waals surface area contributed by atoms with Crippen LogP contribution in [0, 0.1) is 0 Å². The number of aromatic carboxylic acids is 1. The third-order valence-corrected chi connectivity index (χ3v) is 2.98. The highest BCUT2D eigenvalue weighted by molar-refractivity contribution is 9.10. The van der Waals surface area contributed by atoms with Crippen molar-refractivity contribution in [1.82, 2.24) is 10.3 Å². The van der Waals surface area contributed by atoms with Crippen molar-refractivity contribution in [2.45, 2.75) is 20.3 Å². The van der Waals surface area contributed by atoms with Crippen LogP contribution < -0.4 is 10.1 Å². The predicted molar refractivity (Wildman–Crippen MR) is 72.5 cm³/mol. The molecule has 0 saturated carbocycles. The second-order valence-electron chi connectivity index (χ2n) is 3.76. The maximum atomic E-state index is 11.1. The number of pyridine rings is 1. The number of aryl methyl sites for hydroxylation is 1. The van der Waals surface area contributed by atoms with Gasteiger partial charge in [0.05, 0.1) is 12.2 Å². The fourth-order valence-corrected chi connectivity index (χ4v) is 1.99. The van der Waals surface area contributed by atoms with Crippen LogP contribution >= 0.6 is 15.9 Å². The Morgan fingerprint density at radius 2 is 2.21 bits per heavy atom. The molecule has 0 atom stereocenters. The molecule has 0 aliphatic rings. The van der Waals surface area contributed by atoms with Crippen molar-refractivity contribution < 1.29 is 19.4 Å². The van der Waals surface area contributed by atoms with Crippen LogP contribution in [0.3, 0.4) is 0 Å². The molecule has 1 amide bonds. The Labute approximate surface area is 119 Å². The van der Waals surface area contributed by atoms with Gasteiger partial charge in [0.2, 0.25) is 11.8 Å². The molecule has 0 spiro atoms. The van der Waals surface area contributed by atoms with Crippen LogP contribution in [0.4, 0.5) is 0 Å². The minimum absolute atomic E-state index is 0.00750. The molecule has 0 fully saturated rings. The number of hydrogen-bond acceptors (Lipinski definition) is 4. The van der Waals surface area contributed by atoms with E-state index in [0.717, 1.165) is 5.69 Å². The molecule has 2 N–H and O–H groups in total. The van der Waals surface area contributed by atoms with Gasteiger partial charge in [0.15, 0.2) is 0 Å². The average Bonchev–Trinajstić information content (AvgIpc) is 2.35. The number of rotatable bonds is 6. The largest absolute Gasteiger partial charge is 0.477 e. The van der Waals surface area contributed by atoms with Gasteiger partial charge in [-0.3, -0.25) is 4.79 Å². The van der Waals surface area contributed by atoms with Crippen molar-refractivity contribution >= 4 is 27.8 Å². The van der Waals surface area contributed by atoms with Crippen molar-refractivity contribution in [3.8, 4) is 5.88 Å². The lowest BCUT2D eigenvalue weighted by molar-refractivity contribution is -0.119. The fraction of sp³-hybridized carbons (Fsp3) is 0.417. The van der Waals surface area contributed by atoms with Crippen molar-refractivity contribution in [3.05, 3.63) is 21.8 Å². The molecular weight excluding hydrogens is 316 g/mol. The second-order valence-corrected chi connectivity index (χ2v) is 4.61. The summed E-state index contributed by atoms with van der Waals surface area (Å²) in [6, 6.07) is 1.47. The Hall–Kier alpha value is -1.63. The molecule has 0 saturated heterocycles. The highest BCUT2D eigenvalue weighted by Gasteiger charge is 2.16. The number of amides is 1. The molecule has 1 heterocycles. The van der Waals surface area contributed by atoms with E-state index in [1.807, 2.05) is 6.92 Å². The van der Waals surface area contributed by atoms with E-state index in [0.29, 0.717) is 17.4 Å². The summed E-state index contributed by atoms with van der Waals surface area (Å²) < 4.78 is 5.96. The van der Waals surface area contributed by atoms with Crippen LogP contribution in [0.1, 0.15) is 29.9 Å². The molecule has 6 nitrogen and oxygen atoms in total. The first kappa shape index (κ1) is 15.4. The smallest absolute Gasteiger partial charge is 0.341 e. The first-order valence-corrected chi connectivity index (χ1v) is 6.55. The van der Waals surface area contributed by atoms with Gasteiger partial charge < -0.3 is 15.2 Å². The molecule has 0 radical (unpaired) electrons. The van der Waals surface area contributed by atoms with Crippen LogP contribution in [-0.4, -0.2) is 35.1 Å². The van der Waals surface area contributed by atoms with Crippen molar-refractivity contribution in [1.29, 1.82) is 0 Å². The van der Waals surface area contributed by atoms with Gasteiger partial charge in [-0.1, -0.05) is 6.92 Å². The maximum Gasteiger partial charge on any atom is 0.341 e. The van der Waals surface area contributed by atoms with Gasteiger partial charge in [-0.05, 0) is 28.4 Å². The molecule has 7 heteroatoms. The number of carbonyl (C=O) groups excluding carboxylic acids is 1. The molecule has 0 aliphatic carbocycles. The zero-order valence-electron chi connectivity index (χ0n) is 10.7. The van der Waals surface area contributed by atoms with E-state index < -0.39 is 5.97 Å². The third kappa shape index (κ3) is 4.51. The highest BCUT2D eigenvalue weighted by Crippen LogP contribution is 2.24. The topological polar surface area (TPSA) is 88.5 Å². The van der Waals surface area contributed by atoms with Crippen molar-refractivity contribution in [3.63, 3.8) is 0 Å². The van der Waals surface area contributed by atoms with E-state index in [4.69, 9.17) is 9.84 Å². The minimum atomic E-state index is -1.11. The lowest BCUT2D eigenvalue weighted by atomic mass is 10.2. The van der Waals surface area contributed by atoms with Gasteiger partial charge in [-0.25, -0.2) is 9.78 Å². The van der Waals surface area contributed by atoms with Crippen LogP contribution in [0.5, 0.6) is 5.88 Å². The molecule has 104 valence electrons. The number of carbonyl (C=O) groups is 2. The van der Waals surface area contributed by atoms with E-state index in [1.165, 1.54) is 13.0 Å². The number of nitrogens with one attached hydrogen (secondary N) is 1. The van der Waals surface area contributed by atoms with Crippen LogP contribution in [0.25, 0.3) is 0 Å². The number of nitrogens with zero attached hydrogens (tertiary/aromatic N) is 1. The molecule has 0 unspecified atom stereocenters. The SMILES string of the molecule is CCc1nc(OCCNC(C)=O)c(C(=O)O)cc1Br. The first-order chi connectivity index (χ1) is 8.95. The quantitative estimate of drug-likeness (QED) is 0.774. The van der Waals surface area contributed by atoms with Gasteiger partial charge >= 0.3 is 5.97 Å². The number of hydrogen-bond donors (Lipinski definition) is 2. The fourth-order valence-electron chi connectivity index (χ4n) is 1.39. The van der Waals surface area contributed by atoms with E-state index in [-0.39, 0.29) is 24.0 Å². The van der Waals surface area contributed by atoms with Crippen molar-refractivity contribution in [2.24, 2.45) is 0 Å². The average molecular weight is 331 g/mol. The minimum Gasteiger partial charge on any atom is -0.477 e. The number of carboxylic acid groups (broad SMARTS) is 1. The summed E-state index contributed by atoms with van der Waals surface area (Å²) in [5.74, 6) is -1.21. The maximum absolute atomic E-state index is 11.1. The van der Waals surface area contributed by atoms with Gasteiger partial charge in [0.1, 0.15) is 12.2 Å². The number of carboxylic acids is 1. The Morgan fingerprint density at radius 1 is 1.53 bits per heavy atom. The van der Waals surface area contributed by atoms with Crippen molar-refractivity contribution in [2.75, 3.05) is 13.2 Å². The molecule has 0 aromatic carbocycles. The normalized spacial score (nSPS) is 10.1. The summed E-state index contributed by atoms with van der Waals surface area (Å²) in [7, 11) is 0. The molecule has 0 aliphatic heterocycles. The van der Waals surface area contributed by atoms with Crippen LogP contribution in [0.2, 0.25) is 0 Å². The predicted octanol–water partition coefficient (Wildman–Crippen LogP) is 1.62. The third-order valence-electron chi connectivity index (χ3n) is 2.29. The molecule has 1 aromatic rings. The molecule has 1 rings (SSSR count).